The molecule has 0 aliphatic carbocycles. The summed E-state index contributed by atoms with van der Waals surface area (Å²) in [6.07, 6.45) is 1.55. The maximum absolute atomic E-state index is 12.3. The fraction of sp³-hybridized carbons (Fsp3) is 0.0714. The molecule has 3 N–H and O–H groups in total. The molecule has 2 aromatic rings. The predicted octanol–water partition coefficient (Wildman–Crippen LogP) is 2.74. The van der Waals surface area contributed by atoms with Gasteiger partial charge in [0.25, 0.3) is 5.91 Å². The monoisotopic (exact) mass is 365 g/mol. The van der Waals surface area contributed by atoms with Crippen LogP contribution in [0.1, 0.15) is 15.9 Å². The number of nitrogens with two attached hydrogens (primary N) is 1. The van der Waals surface area contributed by atoms with Crippen molar-refractivity contribution in [1.29, 1.82) is 0 Å². The Bertz CT molecular complexity index is 706. The number of halogens is 1. The molecule has 1 heterocycles. The smallest absolute Gasteiger partial charge is 0.261 e. The summed E-state index contributed by atoms with van der Waals surface area (Å²) in [6, 6.07) is 8.55. The van der Waals surface area contributed by atoms with E-state index in [4.69, 9.17) is 22.7 Å². The standard InChI is InChI=1S/C14H12BrN3O2S/c1-20-14-9(3-2-6-17-14)13(19)18-11-5-4-8(15)7-10(11)12(16)21/h2-7H,1H3,(H2,16,21)(H,18,19). The van der Waals surface area contributed by atoms with Gasteiger partial charge >= 0.3 is 0 Å². The molecule has 0 saturated heterocycles. The summed E-state index contributed by atoms with van der Waals surface area (Å²) in [5.74, 6) is -0.0937. The molecule has 0 spiro atoms. The Balaban J connectivity index is 2.34. The van der Waals surface area contributed by atoms with Crippen LogP contribution in [-0.2, 0) is 0 Å². The van der Waals surface area contributed by atoms with Crippen LogP contribution in [0.15, 0.2) is 41.0 Å². The lowest BCUT2D eigenvalue weighted by atomic mass is 10.1. The number of carbonyl (C=O) groups is 1. The van der Waals surface area contributed by atoms with Crippen molar-refractivity contribution >= 4 is 44.7 Å². The van der Waals surface area contributed by atoms with Crippen LogP contribution in [0.25, 0.3) is 0 Å². The van der Waals surface area contributed by atoms with E-state index in [1.54, 1.807) is 36.5 Å². The number of aromatic nitrogens is 1. The number of thiocarbonyl (C=S) groups is 1. The molecule has 1 amide bonds. The molecular weight excluding hydrogens is 354 g/mol. The fourth-order valence-corrected chi connectivity index (χ4v) is 2.28. The fourth-order valence-electron chi connectivity index (χ4n) is 1.75. The van der Waals surface area contributed by atoms with Crippen molar-refractivity contribution in [3.63, 3.8) is 0 Å². The third-order valence-electron chi connectivity index (χ3n) is 2.70. The van der Waals surface area contributed by atoms with Crippen molar-refractivity contribution in [3.8, 4) is 5.88 Å². The van der Waals surface area contributed by atoms with Crippen LogP contribution in [0.5, 0.6) is 5.88 Å². The number of carbonyl (C=O) groups excluding carboxylic acids is 1. The van der Waals surface area contributed by atoms with Crippen LogP contribution < -0.4 is 15.8 Å². The summed E-state index contributed by atoms with van der Waals surface area (Å²) in [5, 5.41) is 2.76. The highest BCUT2D eigenvalue weighted by molar-refractivity contribution is 9.10. The van der Waals surface area contributed by atoms with E-state index in [0.29, 0.717) is 16.8 Å². The third-order valence-corrected chi connectivity index (χ3v) is 3.42. The molecule has 0 bridgehead atoms. The number of hydrogen-bond acceptors (Lipinski definition) is 4. The van der Waals surface area contributed by atoms with Gasteiger partial charge in [-0.05, 0) is 30.3 Å². The molecule has 5 nitrogen and oxygen atoms in total. The number of pyridine rings is 1. The minimum atomic E-state index is -0.347. The van der Waals surface area contributed by atoms with Crippen LogP contribution in [0.4, 0.5) is 5.69 Å². The van der Waals surface area contributed by atoms with Crippen molar-refractivity contribution in [2.45, 2.75) is 0 Å². The zero-order chi connectivity index (χ0) is 15.4. The zero-order valence-corrected chi connectivity index (χ0v) is 13.5. The molecule has 0 aliphatic rings. The van der Waals surface area contributed by atoms with Crippen molar-refractivity contribution in [2.75, 3.05) is 12.4 Å². The minimum Gasteiger partial charge on any atom is -0.480 e. The van der Waals surface area contributed by atoms with Crippen LogP contribution >= 0.6 is 28.1 Å². The predicted molar refractivity (Wildman–Crippen MR) is 88.8 cm³/mol. The first-order valence-corrected chi connectivity index (χ1v) is 7.12. The summed E-state index contributed by atoms with van der Waals surface area (Å²) in [4.78, 5) is 16.5. The Kier molecular flexibility index (Phi) is 4.87. The molecular formula is C14H12BrN3O2S. The molecule has 7 heteroatoms. The highest BCUT2D eigenvalue weighted by Gasteiger charge is 2.15. The van der Waals surface area contributed by atoms with Crippen molar-refractivity contribution in [2.24, 2.45) is 5.73 Å². The number of methoxy groups -OCH3 is 1. The SMILES string of the molecule is COc1ncccc1C(=O)Nc1ccc(Br)cc1C(N)=S. The minimum absolute atomic E-state index is 0.199. The van der Waals surface area contributed by atoms with Gasteiger partial charge in [0.1, 0.15) is 10.6 Å². The first-order valence-electron chi connectivity index (χ1n) is 5.92. The lowest BCUT2D eigenvalue weighted by molar-refractivity contribution is 0.102. The second-order valence-corrected chi connectivity index (χ2v) is 5.42. The van der Waals surface area contributed by atoms with Crippen LogP contribution in [0, 0.1) is 0 Å². The van der Waals surface area contributed by atoms with Gasteiger partial charge in [-0.25, -0.2) is 4.98 Å². The Labute approximate surface area is 135 Å². The lowest BCUT2D eigenvalue weighted by Crippen LogP contribution is -2.18. The maximum atomic E-state index is 12.3. The largest absolute Gasteiger partial charge is 0.480 e. The van der Waals surface area contributed by atoms with Gasteiger partial charge in [0.2, 0.25) is 5.88 Å². The molecule has 0 fully saturated rings. The van der Waals surface area contributed by atoms with E-state index in [9.17, 15) is 4.79 Å². The molecule has 21 heavy (non-hydrogen) atoms. The lowest BCUT2D eigenvalue weighted by Gasteiger charge is -2.12. The van der Waals surface area contributed by atoms with Gasteiger partial charge in [0, 0.05) is 16.2 Å². The average Bonchev–Trinajstić information content (AvgIpc) is 2.48. The van der Waals surface area contributed by atoms with E-state index in [1.807, 2.05) is 0 Å². The van der Waals surface area contributed by atoms with Crippen molar-refractivity contribution in [1.82, 2.24) is 4.98 Å². The van der Waals surface area contributed by atoms with Crippen molar-refractivity contribution in [3.05, 3.63) is 52.1 Å². The van der Waals surface area contributed by atoms with Crippen LogP contribution in [-0.4, -0.2) is 23.0 Å². The second kappa shape index (κ2) is 6.64. The summed E-state index contributed by atoms with van der Waals surface area (Å²) < 4.78 is 5.89. The first-order chi connectivity index (χ1) is 10.0. The summed E-state index contributed by atoms with van der Waals surface area (Å²) in [5.41, 5.74) is 7.12. The number of amides is 1. The summed E-state index contributed by atoms with van der Waals surface area (Å²) in [7, 11) is 1.46. The maximum Gasteiger partial charge on any atom is 0.261 e. The number of ether oxygens (including phenoxy) is 1. The molecule has 0 atom stereocenters. The molecule has 0 saturated carbocycles. The molecule has 1 aromatic carbocycles. The van der Waals surface area contributed by atoms with Gasteiger partial charge in [-0.1, -0.05) is 28.1 Å². The number of hydrogen-bond donors (Lipinski definition) is 2. The quantitative estimate of drug-likeness (QED) is 0.814. The number of nitrogens with zero attached hydrogens (tertiary/aromatic N) is 1. The third kappa shape index (κ3) is 3.56. The first kappa shape index (κ1) is 15.4. The van der Waals surface area contributed by atoms with Crippen molar-refractivity contribution < 1.29 is 9.53 Å². The second-order valence-electron chi connectivity index (χ2n) is 4.07. The molecule has 0 aliphatic heterocycles. The molecule has 108 valence electrons. The Morgan fingerprint density at radius 1 is 1.38 bits per heavy atom. The topological polar surface area (TPSA) is 77.2 Å². The van der Waals surface area contributed by atoms with E-state index in [2.05, 4.69) is 26.2 Å². The number of anilines is 1. The molecule has 0 unspecified atom stereocenters. The molecule has 0 radical (unpaired) electrons. The Morgan fingerprint density at radius 2 is 2.14 bits per heavy atom. The van der Waals surface area contributed by atoms with E-state index in [0.717, 1.165) is 4.47 Å². The van der Waals surface area contributed by atoms with Gasteiger partial charge in [-0.2, -0.15) is 0 Å². The number of rotatable bonds is 4. The van der Waals surface area contributed by atoms with Gasteiger partial charge in [-0.3, -0.25) is 4.79 Å². The highest BCUT2D eigenvalue weighted by Crippen LogP contribution is 2.23. The van der Waals surface area contributed by atoms with E-state index >= 15 is 0 Å². The van der Waals surface area contributed by atoms with Gasteiger partial charge in [-0.15, -0.1) is 0 Å². The summed E-state index contributed by atoms with van der Waals surface area (Å²) >= 11 is 8.34. The highest BCUT2D eigenvalue weighted by atomic mass is 79.9. The van der Waals surface area contributed by atoms with Crippen LogP contribution in [0.2, 0.25) is 0 Å². The molecule has 2 rings (SSSR count). The Morgan fingerprint density at radius 3 is 2.81 bits per heavy atom. The number of nitrogens with one attached hydrogen (secondary N) is 1. The zero-order valence-electron chi connectivity index (χ0n) is 11.1. The van der Waals surface area contributed by atoms with E-state index < -0.39 is 0 Å². The normalized spacial score (nSPS) is 10.0. The van der Waals surface area contributed by atoms with E-state index in [-0.39, 0.29) is 16.8 Å². The van der Waals surface area contributed by atoms with Crippen LogP contribution in [0.3, 0.4) is 0 Å². The average molecular weight is 366 g/mol. The van der Waals surface area contributed by atoms with Gasteiger partial charge in [0.05, 0.1) is 12.8 Å². The van der Waals surface area contributed by atoms with Gasteiger partial charge in [0.15, 0.2) is 0 Å². The van der Waals surface area contributed by atoms with E-state index in [1.165, 1.54) is 7.11 Å². The number of benzene rings is 1. The molecule has 1 aromatic heterocycles. The summed E-state index contributed by atoms with van der Waals surface area (Å²) in [6.45, 7) is 0. The van der Waals surface area contributed by atoms with Gasteiger partial charge < -0.3 is 15.8 Å². The Hall–Kier alpha value is -1.99.